The predicted octanol–water partition coefficient (Wildman–Crippen LogP) is 3.37. The lowest BCUT2D eigenvalue weighted by molar-refractivity contribution is -0.132. The van der Waals surface area contributed by atoms with Crippen molar-refractivity contribution in [3.05, 3.63) is 29.8 Å². The topological polar surface area (TPSA) is 76.2 Å². The maximum absolute atomic E-state index is 12.7. The third-order valence-electron chi connectivity index (χ3n) is 4.96. The van der Waals surface area contributed by atoms with Gasteiger partial charge in [0.15, 0.2) is 5.78 Å². The third kappa shape index (κ3) is 6.76. The Kier molecular flexibility index (Phi) is 7.65. The number of ether oxygens (including phenoxy) is 2. The summed E-state index contributed by atoms with van der Waals surface area (Å²) in [5.41, 5.74) is 0.114. The molecule has 1 aliphatic heterocycles. The Hall–Kier alpha value is -2.57. The van der Waals surface area contributed by atoms with Crippen molar-refractivity contribution in [1.29, 1.82) is 0 Å². The smallest absolute Gasteiger partial charge is 0.410 e. The fraction of sp³-hybridized carbons (Fsp3) is 0.591. The molecule has 0 spiro atoms. The van der Waals surface area contributed by atoms with E-state index in [9.17, 15) is 14.4 Å². The van der Waals surface area contributed by atoms with Crippen LogP contribution in [0.3, 0.4) is 0 Å². The molecule has 0 bridgehead atoms. The summed E-state index contributed by atoms with van der Waals surface area (Å²) in [4.78, 5) is 40.3. The van der Waals surface area contributed by atoms with Crippen molar-refractivity contribution >= 4 is 17.8 Å². The first-order chi connectivity index (χ1) is 13.6. The molecule has 1 fully saturated rings. The summed E-state index contributed by atoms with van der Waals surface area (Å²) in [5, 5.41) is 0. The van der Waals surface area contributed by atoms with Crippen LogP contribution < -0.4 is 4.74 Å². The van der Waals surface area contributed by atoms with E-state index in [2.05, 4.69) is 0 Å². The van der Waals surface area contributed by atoms with Crippen LogP contribution in [0.2, 0.25) is 0 Å². The highest BCUT2D eigenvalue weighted by Crippen LogP contribution is 2.23. The van der Waals surface area contributed by atoms with E-state index < -0.39 is 11.7 Å². The first-order valence-electron chi connectivity index (χ1n) is 10.0. The number of likely N-dealkylation sites (tertiary alicyclic amines) is 1. The number of carbonyl (C=O) groups excluding carboxylic acids is 3. The van der Waals surface area contributed by atoms with Crippen molar-refractivity contribution in [3.8, 4) is 5.75 Å². The van der Waals surface area contributed by atoms with Gasteiger partial charge in [0.1, 0.15) is 11.4 Å². The number of piperidine rings is 1. The number of hydrogen-bond donors (Lipinski definition) is 0. The van der Waals surface area contributed by atoms with Crippen molar-refractivity contribution in [3.63, 3.8) is 0 Å². The molecule has 7 heteroatoms. The molecule has 0 saturated carbocycles. The third-order valence-corrected chi connectivity index (χ3v) is 4.96. The Morgan fingerprint density at radius 3 is 2.21 bits per heavy atom. The zero-order chi connectivity index (χ0) is 21.6. The second kappa shape index (κ2) is 9.76. The summed E-state index contributed by atoms with van der Waals surface area (Å²) in [6.07, 6.45) is 1.11. The second-order valence-electron chi connectivity index (χ2n) is 8.40. The molecule has 0 atom stereocenters. The van der Waals surface area contributed by atoms with E-state index in [0.29, 0.717) is 38.0 Å². The van der Waals surface area contributed by atoms with Gasteiger partial charge in [-0.25, -0.2) is 4.79 Å². The Bertz CT molecular complexity index is 716. The Morgan fingerprint density at radius 2 is 1.69 bits per heavy atom. The van der Waals surface area contributed by atoms with Crippen LogP contribution in [0.25, 0.3) is 0 Å². The van der Waals surface area contributed by atoms with Gasteiger partial charge in [0, 0.05) is 44.6 Å². The number of benzene rings is 1. The highest BCUT2D eigenvalue weighted by Gasteiger charge is 2.28. The molecule has 0 aromatic heterocycles. The van der Waals surface area contributed by atoms with E-state index in [0.717, 1.165) is 5.75 Å². The minimum absolute atomic E-state index is 0.00393. The van der Waals surface area contributed by atoms with Gasteiger partial charge >= 0.3 is 6.09 Å². The van der Waals surface area contributed by atoms with Gasteiger partial charge < -0.3 is 19.3 Å². The Morgan fingerprint density at radius 1 is 1.10 bits per heavy atom. The molecule has 0 aliphatic carbocycles. The van der Waals surface area contributed by atoms with Crippen LogP contribution in [-0.4, -0.2) is 67.0 Å². The highest BCUT2D eigenvalue weighted by atomic mass is 16.6. The van der Waals surface area contributed by atoms with Crippen LogP contribution in [0, 0.1) is 5.92 Å². The SMILES string of the molecule is COc1ccc(C(=O)C2CCN(C(=O)CCN(C)C(=O)OC(C)(C)C)CC2)cc1. The summed E-state index contributed by atoms with van der Waals surface area (Å²) in [5.74, 6) is 0.760. The predicted molar refractivity (Wildman–Crippen MR) is 110 cm³/mol. The lowest BCUT2D eigenvalue weighted by Gasteiger charge is -2.32. The zero-order valence-corrected chi connectivity index (χ0v) is 18.1. The van der Waals surface area contributed by atoms with Crippen molar-refractivity contribution in [2.75, 3.05) is 33.8 Å². The fourth-order valence-electron chi connectivity index (χ4n) is 3.23. The largest absolute Gasteiger partial charge is 0.497 e. The minimum atomic E-state index is -0.562. The molecule has 1 aliphatic rings. The van der Waals surface area contributed by atoms with E-state index in [1.54, 1.807) is 64.1 Å². The quantitative estimate of drug-likeness (QED) is 0.680. The molecule has 160 valence electrons. The van der Waals surface area contributed by atoms with Crippen LogP contribution in [0.5, 0.6) is 5.75 Å². The highest BCUT2D eigenvalue weighted by molar-refractivity contribution is 5.98. The molecular weight excluding hydrogens is 372 g/mol. The monoisotopic (exact) mass is 404 g/mol. The van der Waals surface area contributed by atoms with E-state index in [1.165, 1.54) is 4.90 Å². The molecule has 29 heavy (non-hydrogen) atoms. The maximum Gasteiger partial charge on any atom is 0.410 e. The summed E-state index contributed by atoms with van der Waals surface area (Å²) in [6, 6.07) is 7.14. The van der Waals surface area contributed by atoms with Crippen molar-refractivity contribution in [2.45, 2.75) is 45.6 Å². The molecule has 0 N–H and O–H groups in total. The number of rotatable bonds is 6. The van der Waals surface area contributed by atoms with Crippen LogP contribution >= 0.6 is 0 Å². The number of ketones is 1. The second-order valence-corrected chi connectivity index (χ2v) is 8.40. The van der Waals surface area contributed by atoms with Crippen molar-refractivity contribution in [1.82, 2.24) is 9.80 Å². The summed E-state index contributed by atoms with van der Waals surface area (Å²) < 4.78 is 10.4. The van der Waals surface area contributed by atoms with E-state index >= 15 is 0 Å². The normalized spacial score (nSPS) is 15.0. The van der Waals surface area contributed by atoms with Crippen molar-refractivity contribution < 1.29 is 23.9 Å². The zero-order valence-electron chi connectivity index (χ0n) is 18.1. The van der Waals surface area contributed by atoms with Crippen LogP contribution in [0.4, 0.5) is 4.79 Å². The fourth-order valence-corrected chi connectivity index (χ4v) is 3.23. The van der Waals surface area contributed by atoms with Crippen molar-refractivity contribution in [2.24, 2.45) is 5.92 Å². The van der Waals surface area contributed by atoms with Gasteiger partial charge in [0.2, 0.25) is 5.91 Å². The lowest BCUT2D eigenvalue weighted by atomic mass is 9.89. The van der Waals surface area contributed by atoms with E-state index in [1.807, 2.05) is 0 Å². The Labute approximate surface area is 172 Å². The number of Topliss-reactive ketones (excluding diaryl/α,β-unsaturated/α-hetero) is 1. The van der Waals surface area contributed by atoms with Gasteiger partial charge in [-0.3, -0.25) is 9.59 Å². The van der Waals surface area contributed by atoms with Crippen LogP contribution in [0.15, 0.2) is 24.3 Å². The molecule has 1 heterocycles. The molecule has 2 amide bonds. The first-order valence-corrected chi connectivity index (χ1v) is 10.0. The molecule has 2 rings (SSSR count). The maximum atomic E-state index is 12.7. The van der Waals surface area contributed by atoms with E-state index in [4.69, 9.17) is 9.47 Å². The van der Waals surface area contributed by atoms with Gasteiger partial charge in [-0.2, -0.15) is 0 Å². The number of nitrogens with zero attached hydrogens (tertiary/aromatic N) is 2. The van der Waals surface area contributed by atoms with Gasteiger partial charge in [-0.05, 0) is 57.9 Å². The number of methoxy groups -OCH3 is 1. The molecule has 1 saturated heterocycles. The van der Waals surface area contributed by atoms with E-state index in [-0.39, 0.29) is 24.0 Å². The molecule has 7 nitrogen and oxygen atoms in total. The summed E-state index contributed by atoms with van der Waals surface area (Å²) in [6.45, 7) is 6.84. The van der Waals surface area contributed by atoms with Gasteiger partial charge in [0.25, 0.3) is 0 Å². The standard InChI is InChI=1S/C22H32N2O5/c1-22(2,3)29-21(27)23(4)13-12-19(25)24-14-10-17(11-15-24)20(26)16-6-8-18(28-5)9-7-16/h6-9,17H,10-15H2,1-5H3. The molecule has 1 aromatic carbocycles. The number of carbonyl (C=O) groups is 3. The van der Waals surface area contributed by atoms with Gasteiger partial charge in [-0.15, -0.1) is 0 Å². The lowest BCUT2D eigenvalue weighted by Crippen LogP contribution is -2.42. The number of hydrogen-bond acceptors (Lipinski definition) is 5. The minimum Gasteiger partial charge on any atom is -0.497 e. The summed E-state index contributed by atoms with van der Waals surface area (Å²) in [7, 11) is 3.22. The molecule has 0 unspecified atom stereocenters. The Balaban J connectivity index is 1.78. The van der Waals surface area contributed by atoms with Gasteiger partial charge in [-0.1, -0.05) is 0 Å². The van der Waals surface area contributed by atoms with Gasteiger partial charge in [0.05, 0.1) is 7.11 Å². The average molecular weight is 405 g/mol. The van der Waals surface area contributed by atoms with Crippen LogP contribution in [0.1, 0.15) is 50.4 Å². The van der Waals surface area contributed by atoms with Crippen LogP contribution in [-0.2, 0) is 9.53 Å². The summed E-state index contributed by atoms with van der Waals surface area (Å²) >= 11 is 0. The molecule has 1 aromatic rings. The number of amides is 2. The molecule has 0 radical (unpaired) electrons. The first kappa shape index (κ1) is 22.7. The molecular formula is C22H32N2O5. The average Bonchev–Trinajstić information content (AvgIpc) is 2.70.